The summed E-state index contributed by atoms with van der Waals surface area (Å²) in [6.45, 7) is 3.08. The van der Waals surface area contributed by atoms with E-state index in [1.165, 1.54) is 32.1 Å². The zero-order chi connectivity index (χ0) is 12.5. The van der Waals surface area contributed by atoms with Crippen LogP contribution in [0.15, 0.2) is 0 Å². The average molecular weight is 304 g/mol. The Morgan fingerprint density at radius 1 is 1.41 bits per heavy atom. The van der Waals surface area contributed by atoms with Gasteiger partial charge in [0.05, 0.1) is 0 Å². The first kappa shape index (κ1) is 15.0. The average Bonchev–Trinajstić information content (AvgIpc) is 2.84. The van der Waals surface area contributed by atoms with Gasteiger partial charge in [0.1, 0.15) is 0 Å². The molecule has 3 heteroatoms. The topological polar surface area (TPSA) is 29.1 Å². The molecule has 2 nitrogen and oxygen atoms in total. The fourth-order valence-electron chi connectivity index (χ4n) is 2.48. The summed E-state index contributed by atoms with van der Waals surface area (Å²) in [5, 5.41) is 4.09. The van der Waals surface area contributed by atoms with Gasteiger partial charge in [0.25, 0.3) is 0 Å². The van der Waals surface area contributed by atoms with Gasteiger partial charge in [0.2, 0.25) is 5.91 Å². The molecule has 1 unspecified atom stereocenters. The van der Waals surface area contributed by atoms with E-state index in [0.717, 1.165) is 37.1 Å². The fourth-order valence-corrected chi connectivity index (χ4v) is 2.80. The van der Waals surface area contributed by atoms with Crippen molar-refractivity contribution in [3.63, 3.8) is 0 Å². The third kappa shape index (κ3) is 7.07. The van der Waals surface area contributed by atoms with Gasteiger partial charge in [-0.05, 0) is 31.1 Å². The Bertz CT molecular complexity index is 214. The second-order valence-electron chi connectivity index (χ2n) is 5.44. The van der Waals surface area contributed by atoms with E-state index in [4.69, 9.17) is 0 Å². The summed E-state index contributed by atoms with van der Waals surface area (Å²) >= 11 is 3.47. The van der Waals surface area contributed by atoms with Crippen LogP contribution in [0.25, 0.3) is 0 Å². The standard InChI is InChI=1S/C14H26BrNO/c1-12(11-15)5-4-10-16-14(17)9-8-13-6-2-3-7-13/h12-13H,2-11H2,1H3,(H,16,17). The first-order valence-corrected chi connectivity index (χ1v) is 8.17. The molecule has 1 aliphatic rings. The maximum atomic E-state index is 11.6. The molecule has 100 valence electrons. The number of hydrogen-bond donors (Lipinski definition) is 1. The zero-order valence-corrected chi connectivity index (χ0v) is 12.6. The molecule has 0 aliphatic heterocycles. The summed E-state index contributed by atoms with van der Waals surface area (Å²) in [5.41, 5.74) is 0. The first-order valence-electron chi connectivity index (χ1n) is 7.05. The highest BCUT2D eigenvalue weighted by Gasteiger charge is 2.15. The van der Waals surface area contributed by atoms with Crippen LogP contribution in [-0.4, -0.2) is 17.8 Å². The van der Waals surface area contributed by atoms with Crippen molar-refractivity contribution in [2.45, 2.75) is 58.3 Å². The van der Waals surface area contributed by atoms with Crippen molar-refractivity contribution >= 4 is 21.8 Å². The SMILES string of the molecule is CC(CBr)CCCNC(=O)CCC1CCCC1. The number of amides is 1. The van der Waals surface area contributed by atoms with Crippen molar-refractivity contribution in [3.05, 3.63) is 0 Å². The van der Waals surface area contributed by atoms with Crippen LogP contribution in [0.4, 0.5) is 0 Å². The maximum Gasteiger partial charge on any atom is 0.220 e. The van der Waals surface area contributed by atoms with E-state index in [2.05, 4.69) is 28.2 Å². The molecule has 0 saturated heterocycles. The van der Waals surface area contributed by atoms with Crippen molar-refractivity contribution in [3.8, 4) is 0 Å². The largest absolute Gasteiger partial charge is 0.356 e. The van der Waals surface area contributed by atoms with Gasteiger partial charge in [0.15, 0.2) is 0 Å². The second-order valence-corrected chi connectivity index (χ2v) is 6.09. The maximum absolute atomic E-state index is 11.6. The van der Waals surface area contributed by atoms with Gasteiger partial charge in [-0.2, -0.15) is 0 Å². The molecule has 17 heavy (non-hydrogen) atoms. The monoisotopic (exact) mass is 303 g/mol. The third-order valence-corrected chi connectivity index (χ3v) is 4.82. The zero-order valence-electron chi connectivity index (χ0n) is 11.0. The Morgan fingerprint density at radius 2 is 2.12 bits per heavy atom. The summed E-state index contributed by atoms with van der Waals surface area (Å²) in [7, 11) is 0. The smallest absolute Gasteiger partial charge is 0.220 e. The van der Waals surface area contributed by atoms with Gasteiger partial charge in [-0.15, -0.1) is 0 Å². The van der Waals surface area contributed by atoms with Gasteiger partial charge >= 0.3 is 0 Å². The summed E-state index contributed by atoms with van der Waals surface area (Å²) in [6.07, 6.45) is 9.55. The van der Waals surface area contributed by atoms with Crippen LogP contribution < -0.4 is 5.32 Å². The molecule has 1 N–H and O–H groups in total. The number of nitrogens with one attached hydrogen (secondary N) is 1. The molecule has 0 aromatic rings. The van der Waals surface area contributed by atoms with E-state index in [0.29, 0.717) is 5.92 Å². The van der Waals surface area contributed by atoms with Crippen LogP contribution in [0.1, 0.15) is 58.3 Å². The summed E-state index contributed by atoms with van der Waals surface area (Å²) in [5.74, 6) is 1.79. The lowest BCUT2D eigenvalue weighted by molar-refractivity contribution is -0.121. The van der Waals surface area contributed by atoms with E-state index in [-0.39, 0.29) is 5.91 Å². The van der Waals surface area contributed by atoms with Crippen LogP contribution in [0.3, 0.4) is 0 Å². The van der Waals surface area contributed by atoms with Crippen molar-refractivity contribution in [2.24, 2.45) is 11.8 Å². The molecule has 0 radical (unpaired) electrons. The van der Waals surface area contributed by atoms with Crippen LogP contribution in [-0.2, 0) is 4.79 Å². The van der Waals surface area contributed by atoms with Gasteiger partial charge in [-0.25, -0.2) is 0 Å². The molecule has 1 amide bonds. The van der Waals surface area contributed by atoms with E-state index in [1.54, 1.807) is 0 Å². The molecule has 0 bridgehead atoms. The minimum Gasteiger partial charge on any atom is -0.356 e. The number of alkyl halides is 1. The Balaban J connectivity index is 1.93. The Kier molecular flexibility index (Phi) is 7.91. The lowest BCUT2D eigenvalue weighted by Crippen LogP contribution is -2.25. The quantitative estimate of drug-likeness (QED) is 0.535. The Morgan fingerprint density at radius 3 is 2.76 bits per heavy atom. The molecule has 1 atom stereocenters. The number of hydrogen-bond acceptors (Lipinski definition) is 1. The lowest BCUT2D eigenvalue weighted by atomic mass is 10.0. The summed E-state index contributed by atoms with van der Waals surface area (Å²) in [4.78, 5) is 11.6. The molecule has 1 saturated carbocycles. The predicted octanol–water partition coefficient (Wildman–Crippen LogP) is 3.88. The van der Waals surface area contributed by atoms with Crippen LogP contribution in [0.2, 0.25) is 0 Å². The number of halogens is 1. The molecule has 1 aliphatic carbocycles. The van der Waals surface area contributed by atoms with Gasteiger partial charge < -0.3 is 5.32 Å². The van der Waals surface area contributed by atoms with E-state index in [9.17, 15) is 4.79 Å². The summed E-state index contributed by atoms with van der Waals surface area (Å²) < 4.78 is 0. The van der Waals surface area contributed by atoms with Crippen LogP contribution >= 0.6 is 15.9 Å². The van der Waals surface area contributed by atoms with Crippen LogP contribution in [0, 0.1) is 11.8 Å². The third-order valence-electron chi connectivity index (χ3n) is 3.71. The highest BCUT2D eigenvalue weighted by atomic mass is 79.9. The number of carbonyl (C=O) groups is 1. The normalized spacial score (nSPS) is 18.2. The van der Waals surface area contributed by atoms with Crippen LogP contribution in [0.5, 0.6) is 0 Å². The molecular weight excluding hydrogens is 278 g/mol. The van der Waals surface area contributed by atoms with Crippen molar-refractivity contribution < 1.29 is 4.79 Å². The Labute approximate surface area is 114 Å². The van der Waals surface area contributed by atoms with Gasteiger partial charge in [-0.1, -0.05) is 48.5 Å². The summed E-state index contributed by atoms with van der Waals surface area (Å²) in [6, 6.07) is 0. The highest BCUT2D eigenvalue weighted by molar-refractivity contribution is 9.09. The number of carbonyl (C=O) groups excluding carboxylic acids is 1. The van der Waals surface area contributed by atoms with Gasteiger partial charge in [0, 0.05) is 18.3 Å². The van der Waals surface area contributed by atoms with Crippen molar-refractivity contribution in [1.29, 1.82) is 0 Å². The Hall–Kier alpha value is -0.0500. The van der Waals surface area contributed by atoms with E-state index >= 15 is 0 Å². The predicted molar refractivity (Wildman–Crippen MR) is 76.4 cm³/mol. The molecule has 0 aromatic carbocycles. The lowest BCUT2D eigenvalue weighted by Gasteiger charge is -2.10. The van der Waals surface area contributed by atoms with Crippen molar-refractivity contribution in [2.75, 3.05) is 11.9 Å². The number of rotatable bonds is 8. The van der Waals surface area contributed by atoms with E-state index < -0.39 is 0 Å². The van der Waals surface area contributed by atoms with Gasteiger partial charge in [-0.3, -0.25) is 4.79 Å². The minimum absolute atomic E-state index is 0.253. The molecular formula is C14H26BrNO. The highest BCUT2D eigenvalue weighted by Crippen LogP contribution is 2.28. The second kappa shape index (κ2) is 8.96. The first-order chi connectivity index (χ1) is 8.22. The van der Waals surface area contributed by atoms with Crippen molar-refractivity contribution in [1.82, 2.24) is 5.32 Å². The minimum atomic E-state index is 0.253. The molecule has 0 heterocycles. The van der Waals surface area contributed by atoms with E-state index in [1.807, 2.05) is 0 Å². The fraction of sp³-hybridized carbons (Fsp3) is 0.929. The molecule has 0 aromatic heterocycles. The molecule has 1 rings (SSSR count). The molecule has 0 spiro atoms. The molecule has 1 fully saturated rings.